The second kappa shape index (κ2) is 5.56. The Labute approximate surface area is 99.2 Å². The average molecular weight is 225 g/mol. The van der Waals surface area contributed by atoms with Gasteiger partial charge in [0.15, 0.2) is 0 Å². The predicted octanol–water partition coefficient (Wildman–Crippen LogP) is 1.55. The summed E-state index contributed by atoms with van der Waals surface area (Å²) in [5, 5.41) is 11.7. The maximum absolute atomic E-state index is 8.58. The van der Waals surface area contributed by atoms with E-state index in [1.165, 1.54) is 0 Å². The summed E-state index contributed by atoms with van der Waals surface area (Å²) in [6, 6.07) is 7.64. The van der Waals surface area contributed by atoms with Crippen LogP contribution in [0.5, 0.6) is 0 Å². The summed E-state index contributed by atoms with van der Waals surface area (Å²) < 4.78 is 0. The molecule has 0 aromatic carbocycles. The highest BCUT2D eigenvalue weighted by molar-refractivity contribution is 5.28. The standard InChI is InChI=1S/C12H11N5/c13-5-1-11-4-8-15-12(17-11)16-9-10-2-6-14-7-3-10/h2-4,6-8H,1,9H2,(H,15,16,17). The maximum Gasteiger partial charge on any atom is 0.223 e. The van der Waals surface area contributed by atoms with Crippen molar-refractivity contribution in [2.45, 2.75) is 13.0 Å². The van der Waals surface area contributed by atoms with Crippen molar-refractivity contribution in [3.05, 3.63) is 48.0 Å². The molecule has 0 unspecified atom stereocenters. The van der Waals surface area contributed by atoms with E-state index in [1.54, 1.807) is 24.7 Å². The van der Waals surface area contributed by atoms with E-state index >= 15 is 0 Å². The zero-order valence-electron chi connectivity index (χ0n) is 9.17. The number of anilines is 1. The van der Waals surface area contributed by atoms with Crippen LogP contribution in [0, 0.1) is 11.3 Å². The minimum Gasteiger partial charge on any atom is -0.350 e. The van der Waals surface area contributed by atoms with Gasteiger partial charge in [0.1, 0.15) is 0 Å². The Bertz CT molecular complexity index is 518. The van der Waals surface area contributed by atoms with Crippen LogP contribution in [0.1, 0.15) is 11.3 Å². The van der Waals surface area contributed by atoms with E-state index < -0.39 is 0 Å². The number of hydrogen-bond donors (Lipinski definition) is 1. The monoisotopic (exact) mass is 225 g/mol. The molecule has 0 bridgehead atoms. The number of pyridine rings is 1. The van der Waals surface area contributed by atoms with Crippen LogP contribution in [0.3, 0.4) is 0 Å². The molecule has 0 saturated heterocycles. The molecule has 17 heavy (non-hydrogen) atoms. The molecule has 2 rings (SSSR count). The lowest BCUT2D eigenvalue weighted by molar-refractivity contribution is 1.00. The maximum atomic E-state index is 8.58. The van der Waals surface area contributed by atoms with E-state index in [2.05, 4.69) is 26.3 Å². The Morgan fingerprint density at radius 2 is 2.00 bits per heavy atom. The van der Waals surface area contributed by atoms with Crippen molar-refractivity contribution in [3.63, 3.8) is 0 Å². The summed E-state index contributed by atoms with van der Waals surface area (Å²) in [6.45, 7) is 0.637. The first-order valence-corrected chi connectivity index (χ1v) is 5.20. The van der Waals surface area contributed by atoms with Crippen molar-refractivity contribution < 1.29 is 0 Å². The molecule has 0 saturated carbocycles. The molecule has 0 radical (unpaired) electrons. The molecular weight excluding hydrogens is 214 g/mol. The first kappa shape index (κ1) is 11.0. The van der Waals surface area contributed by atoms with E-state index in [0.29, 0.717) is 18.9 Å². The molecule has 0 aliphatic carbocycles. The average Bonchev–Trinajstić information content (AvgIpc) is 2.39. The van der Waals surface area contributed by atoms with Gasteiger partial charge >= 0.3 is 0 Å². The lowest BCUT2D eigenvalue weighted by Crippen LogP contribution is -2.04. The molecule has 0 aliphatic rings. The van der Waals surface area contributed by atoms with E-state index in [0.717, 1.165) is 11.3 Å². The molecule has 0 spiro atoms. The van der Waals surface area contributed by atoms with Gasteiger partial charge in [-0.15, -0.1) is 0 Å². The third-order valence-electron chi connectivity index (χ3n) is 2.17. The fourth-order valence-electron chi connectivity index (χ4n) is 1.34. The third kappa shape index (κ3) is 3.24. The number of hydrogen-bond acceptors (Lipinski definition) is 5. The fourth-order valence-corrected chi connectivity index (χ4v) is 1.34. The SMILES string of the molecule is N#CCc1ccnc(NCc2ccncc2)n1. The van der Waals surface area contributed by atoms with Gasteiger partial charge in [0.2, 0.25) is 5.95 Å². The minimum atomic E-state index is 0.298. The Morgan fingerprint density at radius 3 is 2.76 bits per heavy atom. The van der Waals surface area contributed by atoms with Gasteiger partial charge in [-0.1, -0.05) is 0 Å². The first-order valence-electron chi connectivity index (χ1n) is 5.20. The summed E-state index contributed by atoms with van der Waals surface area (Å²) in [6.07, 6.45) is 5.43. The molecule has 2 aromatic rings. The molecule has 84 valence electrons. The fraction of sp³-hybridized carbons (Fsp3) is 0.167. The molecule has 2 heterocycles. The van der Waals surface area contributed by atoms with Gasteiger partial charge < -0.3 is 5.32 Å². The second-order valence-electron chi connectivity index (χ2n) is 3.42. The highest BCUT2D eigenvalue weighted by Gasteiger charge is 1.98. The summed E-state index contributed by atoms with van der Waals surface area (Å²) in [4.78, 5) is 12.3. The number of nitrogens with one attached hydrogen (secondary N) is 1. The first-order chi connectivity index (χ1) is 8.38. The molecule has 1 N–H and O–H groups in total. The van der Waals surface area contributed by atoms with Gasteiger partial charge in [-0.25, -0.2) is 9.97 Å². The smallest absolute Gasteiger partial charge is 0.223 e. The van der Waals surface area contributed by atoms with Crippen LogP contribution in [0.2, 0.25) is 0 Å². The summed E-state index contributed by atoms with van der Waals surface area (Å²) in [7, 11) is 0. The zero-order chi connectivity index (χ0) is 11.9. The molecule has 2 aromatic heterocycles. The molecule has 5 heteroatoms. The molecule has 0 atom stereocenters. The van der Waals surface area contributed by atoms with Crippen LogP contribution in [0.25, 0.3) is 0 Å². The Morgan fingerprint density at radius 1 is 1.18 bits per heavy atom. The van der Waals surface area contributed by atoms with Crippen molar-refractivity contribution in [2.24, 2.45) is 0 Å². The van der Waals surface area contributed by atoms with Crippen LogP contribution in [-0.2, 0) is 13.0 Å². The van der Waals surface area contributed by atoms with E-state index in [-0.39, 0.29) is 0 Å². The van der Waals surface area contributed by atoms with Crippen molar-refractivity contribution in [3.8, 4) is 6.07 Å². The van der Waals surface area contributed by atoms with E-state index in [9.17, 15) is 0 Å². The Balaban J connectivity index is 2.00. The van der Waals surface area contributed by atoms with Crippen LogP contribution < -0.4 is 5.32 Å². The highest BCUT2D eigenvalue weighted by atomic mass is 15.1. The molecule has 5 nitrogen and oxygen atoms in total. The molecule has 0 aliphatic heterocycles. The van der Waals surface area contributed by atoms with Crippen molar-refractivity contribution >= 4 is 5.95 Å². The van der Waals surface area contributed by atoms with Crippen LogP contribution in [0.15, 0.2) is 36.8 Å². The molecule has 0 amide bonds. The van der Waals surface area contributed by atoms with Crippen molar-refractivity contribution in [2.75, 3.05) is 5.32 Å². The summed E-state index contributed by atoms with van der Waals surface area (Å²) >= 11 is 0. The third-order valence-corrected chi connectivity index (χ3v) is 2.17. The normalized spacial score (nSPS) is 9.59. The van der Waals surface area contributed by atoms with Crippen molar-refractivity contribution in [1.82, 2.24) is 15.0 Å². The lowest BCUT2D eigenvalue weighted by atomic mass is 10.3. The lowest BCUT2D eigenvalue weighted by Gasteiger charge is -2.04. The van der Waals surface area contributed by atoms with Gasteiger partial charge in [-0.2, -0.15) is 5.26 Å². The summed E-state index contributed by atoms with van der Waals surface area (Å²) in [5.41, 5.74) is 1.83. The van der Waals surface area contributed by atoms with Crippen LogP contribution >= 0.6 is 0 Å². The number of rotatable bonds is 4. The second-order valence-corrected chi connectivity index (χ2v) is 3.42. The number of aromatic nitrogens is 3. The largest absolute Gasteiger partial charge is 0.350 e. The Kier molecular flexibility index (Phi) is 3.61. The van der Waals surface area contributed by atoms with E-state index in [4.69, 9.17) is 5.26 Å². The number of nitriles is 1. The Hall–Kier alpha value is -2.48. The van der Waals surface area contributed by atoms with Gasteiger partial charge in [-0.05, 0) is 23.8 Å². The quantitative estimate of drug-likeness (QED) is 0.854. The van der Waals surface area contributed by atoms with Gasteiger partial charge in [0, 0.05) is 25.1 Å². The van der Waals surface area contributed by atoms with E-state index in [1.807, 2.05) is 12.1 Å². The molecule has 0 fully saturated rings. The van der Waals surface area contributed by atoms with Crippen molar-refractivity contribution in [1.29, 1.82) is 5.26 Å². The minimum absolute atomic E-state index is 0.298. The number of nitrogens with zero attached hydrogens (tertiary/aromatic N) is 4. The topological polar surface area (TPSA) is 74.5 Å². The van der Waals surface area contributed by atoms with Gasteiger partial charge in [-0.3, -0.25) is 4.98 Å². The summed E-state index contributed by atoms with van der Waals surface area (Å²) in [5.74, 6) is 0.537. The zero-order valence-corrected chi connectivity index (χ0v) is 9.17. The molecular formula is C12H11N5. The van der Waals surface area contributed by atoms with Crippen LogP contribution in [-0.4, -0.2) is 15.0 Å². The van der Waals surface area contributed by atoms with Gasteiger partial charge in [0.05, 0.1) is 18.2 Å². The van der Waals surface area contributed by atoms with Crippen LogP contribution in [0.4, 0.5) is 5.95 Å². The van der Waals surface area contributed by atoms with Gasteiger partial charge in [0.25, 0.3) is 0 Å². The predicted molar refractivity (Wildman–Crippen MR) is 62.9 cm³/mol. The highest BCUT2D eigenvalue weighted by Crippen LogP contribution is 2.04.